The molecule has 94 valence electrons. The Morgan fingerprint density at radius 1 is 1.00 bits per heavy atom. The highest BCUT2D eigenvalue weighted by atomic mass is 15.0. The van der Waals surface area contributed by atoms with Crippen LogP contribution in [0, 0.1) is 0 Å². The molecule has 3 rings (SSSR count). The number of hydrogen-bond acceptors (Lipinski definition) is 4. The minimum atomic E-state index is 0.341. The highest BCUT2D eigenvalue weighted by molar-refractivity contribution is 5.86. The fraction of sp³-hybridized carbons (Fsp3) is 0.0667. The first-order chi connectivity index (χ1) is 9.35. The maximum atomic E-state index is 5.53. The van der Waals surface area contributed by atoms with Crippen LogP contribution in [0.3, 0.4) is 0 Å². The zero-order valence-electron chi connectivity index (χ0n) is 10.4. The van der Waals surface area contributed by atoms with Crippen molar-refractivity contribution in [2.75, 3.05) is 5.32 Å². The third kappa shape index (κ3) is 2.53. The Hall–Kier alpha value is -2.46. The van der Waals surface area contributed by atoms with Gasteiger partial charge in [-0.25, -0.2) is 9.97 Å². The molecule has 4 nitrogen and oxygen atoms in total. The largest absolute Gasteiger partial charge is 0.340 e. The molecular weight excluding hydrogens is 236 g/mol. The minimum Gasteiger partial charge on any atom is -0.340 e. The van der Waals surface area contributed by atoms with Gasteiger partial charge >= 0.3 is 0 Å². The summed E-state index contributed by atoms with van der Waals surface area (Å²) in [7, 11) is 0. The maximum absolute atomic E-state index is 5.53. The molecule has 0 bridgehead atoms. The molecule has 0 unspecified atom stereocenters. The van der Waals surface area contributed by atoms with Crippen LogP contribution >= 0.6 is 0 Å². The molecule has 0 radical (unpaired) electrons. The van der Waals surface area contributed by atoms with E-state index in [1.165, 1.54) is 10.8 Å². The van der Waals surface area contributed by atoms with Crippen molar-refractivity contribution in [3.63, 3.8) is 0 Å². The van der Waals surface area contributed by atoms with Gasteiger partial charge in [0.2, 0.25) is 0 Å². The lowest BCUT2D eigenvalue weighted by Crippen LogP contribution is -2.04. The number of aromatic nitrogens is 2. The smallest absolute Gasteiger partial charge is 0.144 e. The number of nitrogens with two attached hydrogens (primary N) is 1. The van der Waals surface area contributed by atoms with Gasteiger partial charge in [0, 0.05) is 11.9 Å². The molecule has 0 atom stereocenters. The van der Waals surface area contributed by atoms with Gasteiger partial charge in [-0.3, -0.25) is 0 Å². The Bertz CT molecular complexity index is 709. The summed E-state index contributed by atoms with van der Waals surface area (Å²) in [6.07, 6.45) is 1.71. The highest BCUT2D eigenvalue weighted by Crippen LogP contribution is 2.21. The standard InChI is InChI=1S/C15H14N4/c16-10-15-17-8-7-14(19-15)18-13-6-5-11-3-1-2-4-12(11)9-13/h1-9H,10,16H2,(H,17,18,19). The lowest BCUT2D eigenvalue weighted by atomic mass is 10.1. The normalized spacial score (nSPS) is 10.6. The Labute approximate surface area is 111 Å². The zero-order chi connectivity index (χ0) is 13.1. The molecule has 0 spiro atoms. The van der Waals surface area contributed by atoms with Gasteiger partial charge in [0.1, 0.15) is 11.6 Å². The number of nitrogens with zero attached hydrogens (tertiary/aromatic N) is 2. The lowest BCUT2D eigenvalue weighted by Gasteiger charge is -2.07. The second-order valence-electron chi connectivity index (χ2n) is 4.25. The summed E-state index contributed by atoms with van der Waals surface area (Å²) in [4.78, 5) is 8.39. The second-order valence-corrected chi connectivity index (χ2v) is 4.25. The van der Waals surface area contributed by atoms with Crippen LogP contribution in [-0.2, 0) is 6.54 Å². The van der Waals surface area contributed by atoms with Crippen molar-refractivity contribution >= 4 is 22.3 Å². The molecule has 19 heavy (non-hydrogen) atoms. The monoisotopic (exact) mass is 250 g/mol. The predicted octanol–water partition coefficient (Wildman–Crippen LogP) is 2.83. The van der Waals surface area contributed by atoms with Gasteiger partial charge in [0.25, 0.3) is 0 Å². The molecule has 0 fully saturated rings. The quantitative estimate of drug-likeness (QED) is 0.750. The topological polar surface area (TPSA) is 63.8 Å². The van der Waals surface area contributed by atoms with Crippen LogP contribution < -0.4 is 11.1 Å². The molecule has 3 aromatic rings. The average Bonchev–Trinajstić information content (AvgIpc) is 2.47. The molecule has 0 aliphatic carbocycles. The van der Waals surface area contributed by atoms with Crippen LogP contribution in [-0.4, -0.2) is 9.97 Å². The van der Waals surface area contributed by atoms with Gasteiger partial charge in [-0.15, -0.1) is 0 Å². The van der Waals surface area contributed by atoms with Crippen LogP contribution in [0.5, 0.6) is 0 Å². The van der Waals surface area contributed by atoms with E-state index in [9.17, 15) is 0 Å². The SMILES string of the molecule is NCc1nccc(Nc2ccc3ccccc3c2)n1. The van der Waals surface area contributed by atoms with Gasteiger partial charge in [-0.05, 0) is 29.0 Å². The maximum Gasteiger partial charge on any atom is 0.144 e. The van der Waals surface area contributed by atoms with Crippen LogP contribution in [0.2, 0.25) is 0 Å². The molecule has 3 N–H and O–H groups in total. The molecule has 2 aromatic carbocycles. The van der Waals surface area contributed by atoms with Crippen molar-refractivity contribution in [1.29, 1.82) is 0 Å². The van der Waals surface area contributed by atoms with Crippen molar-refractivity contribution in [1.82, 2.24) is 9.97 Å². The first kappa shape index (κ1) is 11.6. The molecule has 0 aliphatic rings. The molecule has 1 aromatic heterocycles. The number of nitrogens with one attached hydrogen (secondary N) is 1. The van der Waals surface area contributed by atoms with Gasteiger partial charge in [-0.2, -0.15) is 0 Å². The van der Waals surface area contributed by atoms with Crippen molar-refractivity contribution < 1.29 is 0 Å². The third-order valence-corrected chi connectivity index (χ3v) is 2.91. The van der Waals surface area contributed by atoms with E-state index in [0.29, 0.717) is 12.4 Å². The van der Waals surface area contributed by atoms with Crippen LogP contribution in [0.25, 0.3) is 10.8 Å². The highest BCUT2D eigenvalue weighted by Gasteiger charge is 2.00. The first-order valence-electron chi connectivity index (χ1n) is 6.13. The van der Waals surface area contributed by atoms with Gasteiger partial charge in [0.15, 0.2) is 0 Å². The summed E-state index contributed by atoms with van der Waals surface area (Å²) in [6, 6.07) is 16.3. The van der Waals surface area contributed by atoms with Crippen LogP contribution in [0.1, 0.15) is 5.82 Å². The van der Waals surface area contributed by atoms with Crippen molar-refractivity contribution in [3.8, 4) is 0 Å². The Morgan fingerprint density at radius 3 is 2.68 bits per heavy atom. The second kappa shape index (κ2) is 5.04. The summed E-state index contributed by atoms with van der Waals surface area (Å²) >= 11 is 0. The lowest BCUT2D eigenvalue weighted by molar-refractivity contribution is 0.912. The summed E-state index contributed by atoms with van der Waals surface area (Å²) < 4.78 is 0. The molecule has 1 heterocycles. The Morgan fingerprint density at radius 2 is 1.84 bits per heavy atom. The van der Waals surface area contributed by atoms with Crippen molar-refractivity contribution in [2.45, 2.75) is 6.54 Å². The van der Waals surface area contributed by atoms with E-state index in [1.54, 1.807) is 6.20 Å². The summed E-state index contributed by atoms with van der Waals surface area (Å²) in [5, 5.41) is 5.68. The fourth-order valence-corrected chi connectivity index (χ4v) is 1.98. The van der Waals surface area contributed by atoms with Gasteiger partial charge in [-0.1, -0.05) is 30.3 Å². The predicted molar refractivity (Wildman–Crippen MR) is 77.2 cm³/mol. The van der Waals surface area contributed by atoms with Crippen molar-refractivity contribution in [3.05, 3.63) is 60.6 Å². The number of benzene rings is 2. The number of anilines is 2. The Balaban J connectivity index is 1.92. The van der Waals surface area contributed by atoms with Crippen LogP contribution in [0.15, 0.2) is 54.7 Å². The van der Waals surface area contributed by atoms with E-state index in [1.807, 2.05) is 24.3 Å². The van der Waals surface area contributed by atoms with E-state index in [-0.39, 0.29) is 0 Å². The first-order valence-corrected chi connectivity index (χ1v) is 6.13. The van der Waals surface area contributed by atoms with E-state index in [0.717, 1.165) is 11.5 Å². The molecule has 0 saturated heterocycles. The van der Waals surface area contributed by atoms with E-state index >= 15 is 0 Å². The minimum absolute atomic E-state index is 0.341. The summed E-state index contributed by atoms with van der Waals surface area (Å²) in [5.41, 5.74) is 6.53. The number of rotatable bonds is 3. The molecule has 4 heteroatoms. The zero-order valence-corrected chi connectivity index (χ0v) is 10.4. The third-order valence-electron chi connectivity index (χ3n) is 2.91. The molecule has 0 saturated carbocycles. The van der Waals surface area contributed by atoms with E-state index in [4.69, 9.17) is 5.73 Å². The number of hydrogen-bond donors (Lipinski definition) is 2. The van der Waals surface area contributed by atoms with Gasteiger partial charge < -0.3 is 11.1 Å². The van der Waals surface area contributed by atoms with E-state index < -0.39 is 0 Å². The molecular formula is C15H14N4. The number of fused-ring (bicyclic) bond motifs is 1. The molecule has 0 amide bonds. The average molecular weight is 250 g/mol. The van der Waals surface area contributed by atoms with Gasteiger partial charge in [0.05, 0.1) is 6.54 Å². The van der Waals surface area contributed by atoms with Crippen molar-refractivity contribution in [2.24, 2.45) is 5.73 Å². The van der Waals surface area contributed by atoms with E-state index in [2.05, 4.69) is 39.6 Å². The Kier molecular flexibility index (Phi) is 3.08. The fourth-order valence-electron chi connectivity index (χ4n) is 1.98. The summed E-state index contributed by atoms with van der Waals surface area (Å²) in [6.45, 7) is 0.341. The summed E-state index contributed by atoms with van der Waals surface area (Å²) in [5.74, 6) is 1.39. The van der Waals surface area contributed by atoms with Crippen LogP contribution in [0.4, 0.5) is 11.5 Å². The molecule has 0 aliphatic heterocycles.